The van der Waals surface area contributed by atoms with Crippen LogP contribution in [0.25, 0.3) is 0 Å². The number of ether oxygens (including phenoxy) is 1. The molecule has 0 aromatic heterocycles. The molecule has 3 rings (SSSR count). The van der Waals surface area contributed by atoms with Crippen molar-refractivity contribution in [2.45, 2.75) is 24.7 Å². The van der Waals surface area contributed by atoms with Crippen LogP contribution in [-0.4, -0.2) is 12.1 Å². The van der Waals surface area contributed by atoms with Gasteiger partial charge in [0.05, 0.1) is 11.6 Å². The van der Waals surface area contributed by atoms with E-state index >= 15 is 0 Å². The first-order valence-corrected chi connectivity index (χ1v) is 8.30. The molecule has 1 saturated heterocycles. The molecular formula is C17H13F3INO2. The topological polar surface area (TPSA) is 38.3 Å². The van der Waals surface area contributed by atoms with Crippen LogP contribution in [-0.2, 0) is 17.3 Å². The molecule has 0 spiro atoms. The summed E-state index contributed by atoms with van der Waals surface area (Å²) in [5, 5.41) is 2.69. The fourth-order valence-corrected chi connectivity index (χ4v) is 3.35. The van der Waals surface area contributed by atoms with E-state index in [0.717, 1.165) is 17.7 Å². The average Bonchev–Trinajstić information content (AvgIpc) is 2.88. The third kappa shape index (κ3) is 3.66. The van der Waals surface area contributed by atoms with E-state index in [4.69, 9.17) is 4.74 Å². The number of nitrogens with one attached hydrogen (secondary N) is 1. The molecule has 1 aliphatic heterocycles. The van der Waals surface area contributed by atoms with Crippen molar-refractivity contribution in [3.63, 3.8) is 0 Å². The summed E-state index contributed by atoms with van der Waals surface area (Å²) in [6.45, 7) is 0. The predicted molar refractivity (Wildman–Crippen MR) is 90.5 cm³/mol. The number of halogens is 4. The van der Waals surface area contributed by atoms with E-state index in [1.54, 1.807) is 0 Å². The Labute approximate surface area is 150 Å². The number of carbonyl (C=O) groups is 1. The molecule has 1 N–H and O–H groups in total. The maximum Gasteiger partial charge on any atom is 0.416 e. The molecule has 7 heteroatoms. The quantitative estimate of drug-likeness (QED) is 0.693. The van der Waals surface area contributed by atoms with Gasteiger partial charge >= 0.3 is 12.3 Å². The zero-order valence-electron chi connectivity index (χ0n) is 12.3. The van der Waals surface area contributed by atoms with Gasteiger partial charge in [-0.1, -0.05) is 30.3 Å². The van der Waals surface area contributed by atoms with Gasteiger partial charge in [0.2, 0.25) is 0 Å². The van der Waals surface area contributed by atoms with Gasteiger partial charge in [-0.2, -0.15) is 13.2 Å². The Bertz CT molecular complexity index is 749. The highest BCUT2D eigenvalue weighted by atomic mass is 127. The fourth-order valence-electron chi connectivity index (χ4n) is 2.70. The summed E-state index contributed by atoms with van der Waals surface area (Å²) in [5.74, 6) is 0. The van der Waals surface area contributed by atoms with Gasteiger partial charge in [0, 0.05) is 9.13 Å². The Balaban J connectivity index is 1.93. The minimum atomic E-state index is -4.44. The summed E-state index contributed by atoms with van der Waals surface area (Å²) < 4.78 is 44.8. The van der Waals surface area contributed by atoms with Crippen molar-refractivity contribution in [1.82, 2.24) is 5.32 Å². The molecule has 1 aliphatic rings. The van der Waals surface area contributed by atoms with Crippen molar-refractivity contribution in [2.75, 3.05) is 0 Å². The third-order valence-electron chi connectivity index (χ3n) is 3.83. The second-order valence-electron chi connectivity index (χ2n) is 5.50. The molecule has 1 unspecified atom stereocenters. The molecule has 2 aromatic carbocycles. The van der Waals surface area contributed by atoms with E-state index in [1.165, 1.54) is 6.07 Å². The van der Waals surface area contributed by atoms with Crippen molar-refractivity contribution >= 4 is 28.7 Å². The number of amides is 1. The number of hydrogen-bond acceptors (Lipinski definition) is 2. The monoisotopic (exact) mass is 447 g/mol. The van der Waals surface area contributed by atoms with Crippen LogP contribution in [0.15, 0.2) is 48.5 Å². The molecule has 2 aromatic rings. The maximum atomic E-state index is 13.0. The van der Waals surface area contributed by atoms with E-state index in [2.05, 4.69) is 5.32 Å². The Hall–Kier alpha value is -1.77. The highest BCUT2D eigenvalue weighted by Crippen LogP contribution is 2.36. The van der Waals surface area contributed by atoms with E-state index < -0.39 is 30.0 Å². The first-order chi connectivity index (χ1) is 11.3. The van der Waals surface area contributed by atoms with Gasteiger partial charge in [-0.3, -0.25) is 0 Å². The zero-order valence-corrected chi connectivity index (χ0v) is 14.5. The number of benzene rings is 2. The van der Waals surface area contributed by atoms with Crippen LogP contribution in [0.4, 0.5) is 18.0 Å². The molecule has 3 nitrogen and oxygen atoms in total. The van der Waals surface area contributed by atoms with Gasteiger partial charge in [0.25, 0.3) is 0 Å². The molecule has 2 atom stereocenters. The molecule has 1 amide bonds. The standard InChI is InChI=1S/C17H13F3INO2/c18-17(19,20)11-6-7-13(21)12(9-11)15-14(22-16(23)24-15)8-10-4-2-1-3-5-10/h1-7,9,14-15H,8H2,(H,22,23)/t14-,15?/m1/s1. The number of alkyl halides is 3. The van der Waals surface area contributed by atoms with Crippen LogP contribution >= 0.6 is 22.6 Å². The lowest BCUT2D eigenvalue weighted by molar-refractivity contribution is -0.137. The molecule has 0 aliphatic carbocycles. The van der Waals surface area contributed by atoms with E-state index in [-0.39, 0.29) is 0 Å². The van der Waals surface area contributed by atoms with Gasteiger partial charge in [0.15, 0.2) is 6.10 Å². The SMILES string of the molecule is O=C1N[C@H](Cc2ccccc2)C(c2cc(C(F)(F)F)ccc2I)O1. The van der Waals surface area contributed by atoms with Crippen molar-refractivity contribution in [3.05, 3.63) is 68.8 Å². The number of carbonyl (C=O) groups excluding carboxylic acids is 1. The summed E-state index contributed by atoms with van der Waals surface area (Å²) in [7, 11) is 0. The van der Waals surface area contributed by atoms with Crippen LogP contribution in [0, 0.1) is 3.57 Å². The molecule has 0 bridgehead atoms. The van der Waals surface area contributed by atoms with E-state index in [0.29, 0.717) is 15.6 Å². The third-order valence-corrected chi connectivity index (χ3v) is 4.81. The number of rotatable bonds is 3. The van der Waals surface area contributed by atoms with Crippen LogP contribution in [0.5, 0.6) is 0 Å². The van der Waals surface area contributed by atoms with Crippen LogP contribution in [0.2, 0.25) is 0 Å². The van der Waals surface area contributed by atoms with Crippen LogP contribution in [0.3, 0.4) is 0 Å². The molecule has 1 fully saturated rings. The van der Waals surface area contributed by atoms with Crippen molar-refractivity contribution < 1.29 is 22.7 Å². The number of alkyl carbamates (subject to hydrolysis) is 1. The van der Waals surface area contributed by atoms with Gasteiger partial charge in [0.1, 0.15) is 0 Å². The second-order valence-corrected chi connectivity index (χ2v) is 6.66. The van der Waals surface area contributed by atoms with Crippen LogP contribution in [0.1, 0.15) is 22.8 Å². The fraction of sp³-hybridized carbons (Fsp3) is 0.235. The molecular weight excluding hydrogens is 434 g/mol. The lowest BCUT2D eigenvalue weighted by atomic mass is 9.95. The van der Waals surface area contributed by atoms with Gasteiger partial charge < -0.3 is 10.1 Å². The Kier molecular flexibility index (Phi) is 4.71. The smallest absolute Gasteiger partial charge is 0.416 e. The average molecular weight is 447 g/mol. The van der Waals surface area contributed by atoms with Crippen molar-refractivity contribution in [1.29, 1.82) is 0 Å². The molecule has 24 heavy (non-hydrogen) atoms. The van der Waals surface area contributed by atoms with Gasteiger partial charge in [-0.15, -0.1) is 0 Å². The summed E-state index contributed by atoms with van der Waals surface area (Å²) in [6, 6.07) is 12.5. The predicted octanol–water partition coefficient (Wildman–Crippen LogP) is 4.70. The minimum absolute atomic E-state index is 0.365. The summed E-state index contributed by atoms with van der Waals surface area (Å²) in [5.41, 5.74) is 0.587. The Morgan fingerprint density at radius 3 is 2.50 bits per heavy atom. The van der Waals surface area contributed by atoms with E-state index in [9.17, 15) is 18.0 Å². The Morgan fingerprint density at radius 2 is 1.83 bits per heavy atom. The zero-order chi connectivity index (χ0) is 17.3. The highest BCUT2D eigenvalue weighted by Gasteiger charge is 2.38. The van der Waals surface area contributed by atoms with Crippen LogP contribution < -0.4 is 5.32 Å². The summed E-state index contributed by atoms with van der Waals surface area (Å²) in [6.07, 6.45) is -5.34. The summed E-state index contributed by atoms with van der Waals surface area (Å²) >= 11 is 1.96. The normalized spacial score (nSPS) is 20.6. The van der Waals surface area contributed by atoms with Crippen molar-refractivity contribution in [3.8, 4) is 0 Å². The minimum Gasteiger partial charge on any atom is -0.439 e. The lowest BCUT2D eigenvalue weighted by Gasteiger charge is -2.20. The molecule has 1 heterocycles. The molecule has 0 saturated carbocycles. The number of hydrogen-bond donors (Lipinski definition) is 1. The first-order valence-electron chi connectivity index (χ1n) is 7.22. The highest BCUT2D eigenvalue weighted by molar-refractivity contribution is 14.1. The largest absolute Gasteiger partial charge is 0.439 e. The summed E-state index contributed by atoms with van der Waals surface area (Å²) in [4.78, 5) is 11.7. The van der Waals surface area contributed by atoms with Gasteiger partial charge in [-0.05, 0) is 52.8 Å². The maximum absolute atomic E-state index is 13.0. The Morgan fingerprint density at radius 1 is 1.12 bits per heavy atom. The van der Waals surface area contributed by atoms with Crippen molar-refractivity contribution in [2.24, 2.45) is 0 Å². The number of cyclic esters (lactones) is 1. The molecule has 126 valence electrons. The van der Waals surface area contributed by atoms with Gasteiger partial charge in [-0.25, -0.2) is 4.79 Å². The molecule has 0 radical (unpaired) electrons. The first kappa shape index (κ1) is 17.1. The second kappa shape index (κ2) is 6.62. The van der Waals surface area contributed by atoms with E-state index in [1.807, 2.05) is 52.9 Å². The lowest BCUT2D eigenvalue weighted by Crippen LogP contribution is -2.30.